The van der Waals surface area contributed by atoms with Crippen LogP contribution < -0.4 is 26.2 Å². The van der Waals surface area contributed by atoms with Crippen molar-refractivity contribution in [3.8, 4) is 77.9 Å². The van der Waals surface area contributed by atoms with Crippen molar-refractivity contribution in [2.45, 2.75) is 47.0 Å². The van der Waals surface area contributed by atoms with Crippen molar-refractivity contribution in [3.63, 3.8) is 0 Å². The highest BCUT2D eigenvalue weighted by Gasteiger charge is 2.46. The van der Waals surface area contributed by atoms with Crippen LogP contribution in [0.15, 0.2) is 297 Å². The van der Waals surface area contributed by atoms with Crippen LogP contribution in [0.25, 0.3) is 99.4 Å². The van der Waals surface area contributed by atoms with Gasteiger partial charge in [-0.1, -0.05) is 281 Å². The molecule has 0 saturated heterocycles. The van der Waals surface area contributed by atoms with Gasteiger partial charge in [-0.25, -0.2) is 0 Å². The highest BCUT2D eigenvalue weighted by atomic mass is 15.2. The average molecular weight is 1150 g/mol. The van der Waals surface area contributed by atoms with E-state index in [9.17, 15) is 0 Å². The maximum Gasteiger partial charge on any atom is 0.252 e. The van der Waals surface area contributed by atoms with Crippen molar-refractivity contribution in [1.29, 1.82) is 0 Å². The van der Waals surface area contributed by atoms with Gasteiger partial charge in [-0.2, -0.15) is 0 Å². The molecule has 14 aromatic rings. The molecule has 0 atom stereocenters. The first-order chi connectivity index (χ1) is 44.0. The van der Waals surface area contributed by atoms with Gasteiger partial charge in [-0.15, -0.1) is 0 Å². The van der Waals surface area contributed by atoms with Gasteiger partial charge in [0.1, 0.15) is 0 Å². The third-order valence-corrected chi connectivity index (χ3v) is 19.0. The Labute approximate surface area is 529 Å². The lowest BCUT2D eigenvalue weighted by Crippen LogP contribution is -2.61. The fourth-order valence-corrected chi connectivity index (χ4v) is 15.0. The smallest absolute Gasteiger partial charge is 0.252 e. The molecule has 0 radical (unpaired) electrons. The topological polar surface area (TPSA) is 6.48 Å². The quantitative estimate of drug-likeness (QED) is 0.105. The highest BCUT2D eigenvalue weighted by Crippen LogP contribution is 2.56. The van der Waals surface area contributed by atoms with Crippen molar-refractivity contribution in [2.24, 2.45) is 0 Å². The van der Waals surface area contributed by atoms with Crippen molar-refractivity contribution < 1.29 is 0 Å². The Balaban J connectivity index is 1.13. The van der Waals surface area contributed by atoms with Gasteiger partial charge in [0.25, 0.3) is 6.71 Å². The second-order valence-electron chi connectivity index (χ2n) is 25.7. The molecule has 0 unspecified atom stereocenters. The van der Waals surface area contributed by atoms with Crippen molar-refractivity contribution >= 4 is 78.8 Å². The van der Waals surface area contributed by atoms with Crippen LogP contribution >= 0.6 is 0 Å². The standard InChI is InChI=1S/C87H67BN2/c1-56-47-57(2)83(58(3)48-56)67-52-81-84-82(53-67)90(86-74(63-35-20-11-21-36-63)54-68(87(4,5)6)55-76(86)75-49-66-37-22-23-38-69(66)72-39-24-25-40-73(72)75)80-46-44-65(60-29-14-8-15-30-60)51-78(80)88(84)77-50-64(59-27-12-7-13-28-59)43-45-79(77)89(81)85-70(61-31-16-9-17-32-61)41-26-42-71(85)62-33-18-10-19-34-62/h7-55H,1-6H3. The lowest BCUT2D eigenvalue weighted by molar-refractivity contribution is 0.591. The SMILES string of the molecule is Cc1cc(C)c(-c2cc3c4c(c2)N(c2c(-c5ccccc5)cc(C(C)(C)C)cc2-c2cc5ccccc5c5ccccc25)c2ccc(-c5ccccc5)cc2B4c2cc(-c4ccccc4)ccc2N3c2c(-c3ccccc3)cccc2-c2ccccc2)c(C)c1. The Kier molecular flexibility index (Phi) is 13.3. The van der Waals surface area contributed by atoms with Crippen LogP contribution in [0.2, 0.25) is 0 Å². The molecule has 428 valence electrons. The second-order valence-corrected chi connectivity index (χ2v) is 25.7. The summed E-state index contributed by atoms with van der Waals surface area (Å²) in [5, 5.41) is 4.92. The zero-order valence-electron chi connectivity index (χ0n) is 51.8. The zero-order chi connectivity index (χ0) is 60.8. The summed E-state index contributed by atoms with van der Waals surface area (Å²) >= 11 is 0. The van der Waals surface area contributed by atoms with Gasteiger partial charge in [0, 0.05) is 45.0 Å². The van der Waals surface area contributed by atoms with Crippen LogP contribution in [0.1, 0.15) is 43.0 Å². The summed E-state index contributed by atoms with van der Waals surface area (Å²) in [6.45, 7) is 13.7. The predicted molar refractivity (Wildman–Crippen MR) is 386 cm³/mol. The van der Waals surface area contributed by atoms with Crippen LogP contribution in [0.4, 0.5) is 34.1 Å². The van der Waals surface area contributed by atoms with E-state index in [1.54, 1.807) is 0 Å². The summed E-state index contributed by atoms with van der Waals surface area (Å²) in [5.41, 5.74) is 31.9. The molecular formula is C87H67BN2. The molecule has 0 aliphatic carbocycles. The molecule has 2 aliphatic heterocycles. The number of nitrogens with zero attached hydrogens (tertiary/aromatic N) is 2. The largest absolute Gasteiger partial charge is 0.310 e. The number of fused-ring (bicyclic) bond motifs is 7. The number of benzene rings is 14. The van der Waals surface area contributed by atoms with Gasteiger partial charge in [-0.05, 0) is 179 Å². The minimum absolute atomic E-state index is 0.207. The van der Waals surface area contributed by atoms with Crippen LogP contribution in [0.5, 0.6) is 0 Å². The van der Waals surface area contributed by atoms with Gasteiger partial charge in [0.15, 0.2) is 0 Å². The Morgan fingerprint density at radius 1 is 0.289 bits per heavy atom. The summed E-state index contributed by atoms with van der Waals surface area (Å²) in [6, 6.07) is 112. The Bertz CT molecular complexity index is 5040. The zero-order valence-corrected chi connectivity index (χ0v) is 51.8. The minimum atomic E-state index is -0.211. The first-order valence-electron chi connectivity index (χ1n) is 31.7. The van der Waals surface area contributed by atoms with E-state index in [0.717, 1.165) is 61.9 Å². The highest BCUT2D eigenvalue weighted by molar-refractivity contribution is 7.00. The Morgan fingerprint density at radius 3 is 1.21 bits per heavy atom. The summed E-state index contributed by atoms with van der Waals surface area (Å²) < 4.78 is 0. The molecule has 0 bridgehead atoms. The minimum Gasteiger partial charge on any atom is -0.310 e. The van der Waals surface area contributed by atoms with E-state index in [1.165, 1.54) is 110 Å². The maximum atomic E-state index is 2.72. The summed E-state index contributed by atoms with van der Waals surface area (Å²) in [4.78, 5) is 5.40. The molecular weight excluding hydrogens is 1080 g/mol. The lowest BCUT2D eigenvalue weighted by atomic mass is 9.33. The van der Waals surface area contributed by atoms with Crippen LogP contribution in [0, 0.1) is 20.8 Å². The fourth-order valence-electron chi connectivity index (χ4n) is 15.0. The van der Waals surface area contributed by atoms with E-state index in [1.807, 2.05) is 0 Å². The average Bonchev–Trinajstić information content (AvgIpc) is 0.690. The van der Waals surface area contributed by atoms with Gasteiger partial charge < -0.3 is 9.80 Å². The molecule has 0 amide bonds. The number of anilines is 6. The molecule has 90 heavy (non-hydrogen) atoms. The number of hydrogen-bond acceptors (Lipinski definition) is 2. The maximum absolute atomic E-state index is 2.72. The van der Waals surface area contributed by atoms with E-state index in [2.05, 4.69) is 349 Å². The van der Waals surface area contributed by atoms with Crippen LogP contribution in [-0.2, 0) is 5.41 Å². The molecule has 3 heteroatoms. The number of aryl methyl sites for hydroxylation is 3. The Hall–Kier alpha value is -10.7. The lowest BCUT2D eigenvalue weighted by Gasteiger charge is -2.46. The van der Waals surface area contributed by atoms with Crippen LogP contribution in [0.3, 0.4) is 0 Å². The van der Waals surface area contributed by atoms with E-state index in [-0.39, 0.29) is 12.1 Å². The third-order valence-electron chi connectivity index (χ3n) is 19.0. The summed E-state index contributed by atoms with van der Waals surface area (Å²) in [7, 11) is 0. The van der Waals surface area contributed by atoms with Crippen molar-refractivity contribution in [1.82, 2.24) is 0 Å². The van der Waals surface area contributed by atoms with Crippen molar-refractivity contribution in [3.05, 3.63) is 320 Å². The van der Waals surface area contributed by atoms with Crippen molar-refractivity contribution in [2.75, 3.05) is 9.80 Å². The van der Waals surface area contributed by atoms with Gasteiger partial charge in [-0.3, -0.25) is 0 Å². The van der Waals surface area contributed by atoms with E-state index in [0.29, 0.717) is 0 Å². The Morgan fingerprint density at radius 2 is 0.711 bits per heavy atom. The van der Waals surface area contributed by atoms with Gasteiger partial charge in [0.2, 0.25) is 0 Å². The summed E-state index contributed by atoms with van der Waals surface area (Å²) in [5.74, 6) is 0. The molecule has 0 N–H and O–H groups in total. The van der Waals surface area contributed by atoms with E-state index >= 15 is 0 Å². The second kappa shape index (κ2) is 21.8. The monoisotopic (exact) mass is 1150 g/mol. The third kappa shape index (κ3) is 9.18. The molecule has 0 spiro atoms. The predicted octanol–water partition coefficient (Wildman–Crippen LogP) is 22.0. The molecule has 0 fully saturated rings. The molecule has 0 saturated carbocycles. The molecule has 2 nitrogen and oxygen atoms in total. The molecule has 2 heterocycles. The molecule has 0 aromatic heterocycles. The number of rotatable bonds is 9. The van der Waals surface area contributed by atoms with Gasteiger partial charge in [0.05, 0.1) is 11.4 Å². The molecule has 2 aliphatic rings. The van der Waals surface area contributed by atoms with E-state index in [4.69, 9.17) is 0 Å². The number of para-hydroxylation sites is 1. The molecule has 16 rings (SSSR count). The van der Waals surface area contributed by atoms with Crippen LogP contribution in [-0.4, -0.2) is 6.71 Å². The van der Waals surface area contributed by atoms with E-state index < -0.39 is 0 Å². The first kappa shape index (κ1) is 54.6. The number of hydrogen-bond donors (Lipinski definition) is 0. The first-order valence-corrected chi connectivity index (χ1v) is 31.7. The fraction of sp³-hybridized carbons (Fsp3) is 0.0805. The molecule has 14 aromatic carbocycles. The summed E-state index contributed by atoms with van der Waals surface area (Å²) in [6.07, 6.45) is 0. The van der Waals surface area contributed by atoms with Gasteiger partial charge >= 0.3 is 0 Å². The normalized spacial score (nSPS) is 12.5.